The fraction of sp³-hybridized carbons (Fsp3) is 0.692. The van der Waals surface area contributed by atoms with Gasteiger partial charge in [0.25, 0.3) is 0 Å². The Morgan fingerprint density at radius 3 is 3.25 bits per heavy atom. The topological polar surface area (TPSA) is 21.3 Å². The molecule has 1 aromatic heterocycles. The Labute approximate surface area is 101 Å². The molecular formula is C13H19NOS. The first-order valence-corrected chi connectivity index (χ1v) is 7.12. The van der Waals surface area contributed by atoms with Crippen LogP contribution in [-0.4, -0.2) is 19.3 Å². The zero-order chi connectivity index (χ0) is 11.0. The highest BCUT2D eigenvalue weighted by atomic mass is 32.1. The number of morpholine rings is 1. The average Bonchev–Trinajstić information content (AvgIpc) is 2.76. The van der Waals surface area contributed by atoms with Gasteiger partial charge in [-0.05, 0) is 36.8 Å². The Morgan fingerprint density at radius 1 is 1.50 bits per heavy atom. The Bertz CT molecular complexity index is 362. The molecule has 0 aromatic carbocycles. The first kappa shape index (κ1) is 10.8. The van der Waals surface area contributed by atoms with Gasteiger partial charge in [-0.2, -0.15) is 0 Å². The predicted molar refractivity (Wildman–Crippen MR) is 66.9 cm³/mol. The summed E-state index contributed by atoms with van der Waals surface area (Å²) in [5.41, 5.74) is 1.56. The summed E-state index contributed by atoms with van der Waals surface area (Å²) in [5, 5.41) is 5.97. The first-order chi connectivity index (χ1) is 7.83. The minimum absolute atomic E-state index is 0.134. The fourth-order valence-corrected chi connectivity index (χ4v) is 4.39. The highest BCUT2D eigenvalue weighted by molar-refractivity contribution is 7.10. The van der Waals surface area contributed by atoms with Crippen molar-refractivity contribution >= 4 is 11.3 Å². The van der Waals surface area contributed by atoms with Gasteiger partial charge in [-0.3, -0.25) is 0 Å². The van der Waals surface area contributed by atoms with Crippen LogP contribution in [0.4, 0.5) is 0 Å². The summed E-state index contributed by atoms with van der Waals surface area (Å²) >= 11 is 1.89. The van der Waals surface area contributed by atoms with Gasteiger partial charge in [-0.1, -0.05) is 12.8 Å². The van der Waals surface area contributed by atoms with Crippen LogP contribution in [0.3, 0.4) is 0 Å². The number of rotatable bonds is 1. The molecule has 0 radical (unpaired) electrons. The van der Waals surface area contributed by atoms with Crippen molar-refractivity contribution < 1.29 is 4.74 Å². The minimum atomic E-state index is 0.134. The summed E-state index contributed by atoms with van der Waals surface area (Å²) in [6.45, 7) is 4.09. The summed E-state index contributed by atoms with van der Waals surface area (Å²) in [6, 6.07) is 2.23. The maximum absolute atomic E-state index is 6.01. The first-order valence-electron chi connectivity index (χ1n) is 6.24. The molecule has 2 fully saturated rings. The highest BCUT2D eigenvalue weighted by Crippen LogP contribution is 2.43. The van der Waals surface area contributed by atoms with E-state index in [2.05, 4.69) is 23.7 Å². The van der Waals surface area contributed by atoms with E-state index in [1.807, 2.05) is 11.3 Å². The molecule has 1 saturated heterocycles. The number of ether oxygens (including phenoxy) is 1. The third kappa shape index (κ3) is 1.53. The normalized spacial score (nSPS) is 34.7. The number of fused-ring (bicyclic) bond motifs is 1. The van der Waals surface area contributed by atoms with E-state index in [4.69, 9.17) is 4.74 Å². The molecule has 88 valence electrons. The highest BCUT2D eigenvalue weighted by Gasteiger charge is 2.46. The molecule has 0 bridgehead atoms. The molecule has 2 atom stereocenters. The molecule has 0 spiro atoms. The van der Waals surface area contributed by atoms with E-state index in [0.29, 0.717) is 6.10 Å². The molecule has 0 amide bonds. The van der Waals surface area contributed by atoms with E-state index in [1.165, 1.54) is 36.1 Å². The summed E-state index contributed by atoms with van der Waals surface area (Å²) in [4.78, 5) is 1.51. The monoisotopic (exact) mass is 237 g/mol. The number of hydrogen-bond acceptors (Lipinski definition) is 3. The Hall–Kier alpha value is -0.380. The van der Waals surface area contributed by atoms with Crippen molar-refractivity contribution in [1.82, 2.24) is 5.32 Å². The van der Waals surface area contributed by atoms with Crippen LogP contribution in [0.25, 0.3) is 0 Å². The molecule has 2 aliphatic rings. The van der Waals surface area contributed by atoms with Gasteiger partial charge in [0.1, 0.15) is 0 Å². The van der Waals surface area contributed by atoms with Crippen LogP contribution in [0.1, 0.15) is 36.1 Å². The van der Waals surface area contributed by atoms with Crippen molar-refractivity contribution in [3.8, 4) is 0 Å². The van der Waals surface area contributed by atoms with Gasteiger partial charge in [-0.15, -0.1) is 11.3 Å². The number of thiophene rings is 1. The number of aryl methyl sites for hydroxylation is 1. The van der Waals surface area contributed by atoms with Gasteiger partial charge in [0.2, 0.25) is 0 Å². The van der Waals surface area contributed by atoms with E-state index in [1.54, 1.807) is 0 Å². The molecule has 1 aliphatic carbocycles. The third-order valence-electron chi connectivity index (χ3n) is 3.97. The van der Waals surface area contributed by atoms with Gasteiger partial charge >= 0.3 is 0 Å². The summed E-state index contributed by atoms with van der Waals surface area (Å²) < 4.78 is 6.01. The Kier molecular flexibility index (Phi) is 2.78. The molecule has 1 aliphatic heterocycles. The smallest absolute Gasteiger partial charge is 0.0807 e. The van der Waals surface area contributed by atoms with Crippen LogP contribution in [0, 0.1) is 6.92 Å². The predicted octanol–water partition coefficient (Wildman–Crippen LogP) is 2.81. The second-order valence-electron chi connectivity index (χ2n) is 4.94. The van der Waals surface area contributed by atoms with Crippen LogP contribution in [-0.2, 0) is 10.3 Å². The summed E-state index contributed by atoms with van der Waals surface area (Å²) in [7, 11) is 0. The van der Waals surface area contributed by atoms with Gasteiger partial charge in [0.05, 0.1) is 18.2 Å². The maximum atomic E-state index is 6.01. The summed E-state index contributed by atoms with van der Waals surface area (Å²) in [6.07, 6.45) is 5.49. The van der Waals surface area contributed by atoms with Crippen LogP contribution < -0.4 is 5.32 Å². The number of hydrogen-bond donors (Lipinski definition) is 1. The van der Waals surface area contributed by atoms with Crippen LogP contribution >= 0.6 is 11.3 Å². The Balaban J connectivity index is 2.01. The number of nitrogens with one attached hydrogen (secondary N) is 1. The van der Waals surface area contributed by atoms with Gasteiger partial charge in [0.15, 0.2) is 0 Å². The van der Waals surface area contributed by atoms with Gasteiger partial charge in [-0.25, -0.2) is 0 Å². The van der Waals surface area contributed by atoms with Crippen LogP contribution in [0.5, 0.6) is 0 Å². The van der Waals surface area contributed by atoms with Crippen LogP contribution in [0.15, 0.2) is 11.4 Å². The second-order valence-corrected chi connectivity index (χ2v) is 5.85. The molecular weight excluding hydrogens is 218 g/mol. The largest absolute Gasteiger partial charge is 0.375 e. The maximum Gasteiger partial charge on any atom is 0.0807 e. The molecule has 1 saturated carbocycles. The van der Waals surface area contributed by atoms with Crippen molar-refractivity contribution in [2.75, 3.05) is 13.2 Å². The van der Waals surface area contributed by atoms with E-state index < -0.39 is 0 Å². The van der Waals surface area contributed by atoms with Crippen molar-refractivity contribution in [3.05, 3.63) is 21.9 Å². The quantitative estimate of drug-likeness (QED) is 0.811. The zero-order valence-corrected chi connectivity index (χ0v) is 10.6. The average molecular weight is 237 g/mol. The molecule has 16 heavy (non-hydrogen) atoms. The second kappa shape index (κ2) is 4.13. The van der Waals surface area contributed by atoms with Crippen molar-refractivity contribution in [1.29, 1.82) is 0 Å². The van der Waals surface area contributed by atoms with Crippen molar-refractivity contribution in [2.45, 2.75) is 44.2 Å². The SMILES string of the molecule is Cc1ccsc1C12CCCCC1OCCN2. The molecule has 2 heterocycles. The molecule has 3 rings (SSSR count). The van der Waals surface area contributed by atoms with E-state index in [-0.39, 0.29) is 5.54 Å². The standard InChI is InChI=1S/C13H19NOS/c1-10-5-9-16-12(10)13-6-3-2-4-11(13)15-8-7-14-13/h5,9,11,14H,2-4,6-8H2,1H3. The summed E-state index contributed by atoms with van der Waals surface area (Å²) in [5.74, 6) is 0. The lowest BCUT2D eigenvalue weighted by Crippen LogP contribution is -2.58. The van der Waals surface area contributed by atoms with E-state index >= 15 is 0 Å². The zero-order valence-electron chi connectivity index (χ0n) is 9.79. The van der Waals surface area contributed by atoms with Gasteiger partial charge in [0, 0.05) is 11.4 Å². The molecule has 3 heteroatoms. The lowest BCUT2D eigenvalue weighted by Gasteiger charge is -2.47. The molecule has 2 nitrogen and oxygen atoms in total. The molecule has 2 unspecified atom stereocenters. The Morgan fingerprint density at radius 2 is 2.44 bits per heavy atom. The third-order valence-corrected chi connectivity index (χ3v) is 5.16. The van der Waals surface area contributed by atoms with E-state index in [0.717, 1.165) is 13.2 Å². The van der Waals surface area contributed by atoms with Gasteiger partial charge < -0.3 is 10.1 Å². The lowest BCUT2D eigenvalue weighted by atomic mass is 9.76. The molecule has 1 aromatic rings. The van der Waals surface area contributed by atoms with Crippen molar-refractivity contribution in [2.24, 2.45) is 0 Å². The lowest BCUT2D eigenvalue weighted by molar-refractivity contribution is -0.0744. The van der Waals surface area contributed by atoms with Crippen LogP contribution in [0.2, 0.25) is 0 Å². The molecule has 1 N–H and O–H groups in total. The van der Waals surface area contributed by atoms with Crippen molar-refractivity contribution in [3.63, 3.8) is 0 Å². The fourth-order valence-electron chi connectivity index (χ4n) is 3.21. The minimum Gasteiger partial charge on any atom is -0.375 e. The van der Waals surface area contributed by atoms with E-state index in [9.17, 15) is 0 Å².